The molecule has 0 aromatic heterocycles. The highest BCUT2D eigenvalue weighted by Crippen LogP contribution is 2.34. The maximum atomic E-state index is 11.3. The molecule has 2 unspecified atom stereocenters. The van der Waals surface area contributed by atoms with Crippen LogP contribution >= 0.6 is 0 Å². The van der Waals surface area contributed by atoms with E-state index in [4.69, 9.17) is 0 Å². The summed E-state index contributed by atoms with van der Waals surface area (Å²) in [7, 11) is 0. The second-order valence-corrected chi connectivity index (χ2v) is 3.95. The first-order chi connectivity index (χ1) is 5.63. The predicted molar refractivity (Wildman–Crippen MR) is 50.9 cm³/mol. The van der Waals surface area contributed by atoms with Crippen molar-refractivity contribution in [3.63, 3.8) is 0 Å². The van der Waals surface area contributed by atoms with Gasteiger partial charge in [0, 0.05) is 5.92 Å². The van der Waals surface area contributed by atoms with Crippen molar-refractivity contribution < 1.29 is 4.79 Å². The summed E-state index contributed by atoms with van der Waals surface area (Å²) in [5.41, 5.74) is 1.19. The molecule has 0 amide bonds. The van der Waals surface area contributed by atoms with Crippen LogP contribution in [0.5, 0.6) is 0 Å². The van der Waals surface area contributed by atoms with E-state index in [2.05, 4.69) is 6.58 Å². The normalized spacial score (nSPS) is 29.8. The quantitative estimate of drug-likeness (QED) is 0.576. The lowest BCUT2D eigenvalue weighted by Crippen LogP contribution is -2.25. The van der Waals surface area contributed by atoms with Crippen LogP contribution in [0.25, 0.3) is 0 Å². The van der Waals surface area contributed by atoms with E-state index < -0.39 is 0 Å². The van der Waals surface area contributed by atoms with E-state index in [1.807, 2.05) is 6.92 Å². The Morgan fingerprint density at radius 2 is 1.67 bits per heavy atom. The van der Waals surface area contributed by atoms with Crippen molar-refractivity contribution in [1.29, 1.82) is 0 Å². The third-order valence-electron chi connectivity index (χ3n) is 2.92. The molecule has 1 rings (SSSR count). The molecule has 12 heavy (non-hydrogen) atoms. The number of carbonyl (C=O) groups is 1. The third kappa shape index (κ3) is 1.96. The van der Waals surface area contributed by atoms with Crippen LogP contribution in [-0.2, 0) is 4.79 Å². The first-order valence-electron chi connectivity index (χ1n) is 4.78. The number of hydrogen-bond donors (Lipinski definition) is 0. The molecule has 0 aromatic rings. The van der Waals surface area contributed by atoms with Gasteiger partial charge in [-0.2, -0.15) is 0 Å². The fourth-order valence-electron chi connectivity index (χ4n) is 2.21. The van der Waals surface area contributed by atoms with E-state index in [0.717, 1.165) is 6.42 Å². The Kier molecular flexibility index (Phi) is 3.07. The molecule has 1 heteroatoms. The van der Waals surface area contributed by atoms with Gasteiger partial charge in [0.25, 0.3) is 0 Å². The molecule has 2 atom stereocenters. The molecule has 0 radical (unpaired) electrons. The minimum atomic E-state index is 0.274. The van der Waals surface area contributed by atoms with Gasteiger partial charge in [-0.1, -0.05) is 25.0 Å². The minimum Gasteiger partial charge on any atom is -0.300 e. The highest BCUT2D eigenvalue weighted by Gasteiger charge is 2.28. The molecule has 0 heterocycles. The Labute approximate surface area is 74.9 Å². The van der Waals surface area contributed by atoms with Crippen molar-refractivity contribution in [2.45, 2.75) is 39.5 Å². The van der Waals surface area contributed by atoms with E-state index in [-0.39, 0.29) is 5.92 Å². The monoisotopic (exact) mass is 166 g/mol. The van der Waals surface area contributed by atoms with Gasteiger partial charge >= 0.3 is 0 Å². The Hall–Kier alpha value is -0.590. The zero-order valence-electron chi connectivity index (χ0n) is 8.10. The van der Waals surface area contributed by atoms with Crippen molar-refractivity contribution in [3.05, 3.63) is 12.2 Å². The molecule has 1 aliphatic rings. The Balaban J connectivity index is 2.67. The third-order valence-corrected chi connectivity index (χ3v) is 2.92. The van der Waals surface area contributed by atoms with E-state index >= 15 is 0 Å². The fraction of sp³-hybridized carbons (Fsp3) is 0.727. The highest BCUT2D eigenvalue weighted by atomic mass is 16.1. The molecule has 0 aromatic carbocycles. The predicted octanol–water partition coefficient (Wildman–Crippen LogP) is 2.96. The van der Waals surface area contributed by atoms with Crippen LogP contribution in [0.2, 0.25) is 0 Å². The van der Waals surface area contributed by atoms with E-state index in [1.54, 1.807) is 6.92 Å². The zero-order valence-corrected chi connectivity index (χ0v) is 8.10. The molecule has 0 saturated heterocycles. The molecular weight excluding hydrogens is 148 g/mol. The lowest BCUT2D eigenvalue weighted by Gasteiger charge is -2.29. The molecule has 1 fully saturated rings. The molecule has 1 nitrogen and oxygen atoms in total. The second kappa shape index (κ2) is 3.88. The molecular formula is C11H18O. The maximum Gasteiger partial charge on any atom is 0.133 e. The van der Waals surface area contributed by atoms with Gasteiger partial charge in [0.1, 0.15) is 5.78 Å². The highest BCUT2D eigenvalue weighted by molar-refractivity contribution is 5.79. The van der Waals surface area contributed by atoms with Crippen LogP contribution in [0.15, 0.2) is 12.2 Å². The van der Waals surface area contributed by atoms with Crippen molar-refractivity contribution >= 4 is 5.78 Å². The Morgan fingerprint density at radius 1 is 1.17 bits per heavy atom. The van der Waals surface area contributed by atoms with E-state index in [0.29, 0.717) is 11.7 Å². The van der Waals surface area contributed by atoms with E-state index in [1.165, 1.54) is 24.8 Å². The van der Waals surface area contributed by atoms with Crippen LogP contribution in [0.1, 0.15) is 39.5 Å². The smallest absolute Gasteiger partial charge is 0.133 e. The number of hydrogen-bond acceptors (Lipinski definition) is 1. The second-order valence-electron chi connectivity index (χ2n) is 3.95. The number of carbonyl (C=O) groups excluding carboxylic acids is 1. The van der Waals surface area contributed by atoms with Crippen molar-refractivity contribution in [2.24, 2.45) is 11.8 Å². The largest absolute Gasteiger partial charge is 0.300 e. The van der Waals surface area contributed by atoms with Gasteiger partial charge in [-0.15, -0.1) is 0 Å². The number of rotatable bonds is 2. The van der Waals surface area contributed by atoms with Gasteiger partial charge < -0.3 is 0 Å². The lowest BCUT2D eigenvalue weighted by molar-refractivity contribution is -0.122. The van der Waals surface area contributed by atoms with Gasteiger partial charge in [0.2, 0.25) is 0 Å². The number of ketones is 1. The summed E-state index contributed by atoms with van der Waals surface area (Å²) < 4.78 is 0. The Bertz CT molecular complexity index is 171. The molecule has 1 aliphatic carbocycles. The molecule has 0 aliphatic heterocycles. The molecule has 68 valence electrons. The van der Waals surface area contributed by atoms with Gasteiger partial charge in [0.05, 0.1) is 0 Å². The SMILES string of the molecule is C=C(C)C1CCCCC1C(C)=O. The average molecular weight is 166 g/mol. The van der Waals surface area contributed by atoms with Crippen LogP contribution in [-0.4, -0.2) is 5.78 Å². The first-order valence-corrected chi connectivity index (χ1v) is 4.78. The van der Waals surface area contributed by atoms with Crippen molar-refractivity contribution in [3.8, 4) is 0 Å². The fourth-order valence-corrected chi connectivity index (χ4v) is 2.21. The summed E-state index contributed by atoms with van der Waals surface area (Å²) in [4.78, 5) is 11.3. The van der Waals surface area contributed by atoms with Gasteiger partial charge in [-0.3, -0.25) is 4.79 Å². The standard InChI is InChI=1S/C11H18O/c1-8(2)10-6-4-5-7-11(10)9(3)12/h10-11H,1,4-7H2,2-3H3. The molecule has 0 spiro atoms. The first kappa shape index (κ1) is 9.50. The minimum absolute atomic E-state index is 0.274. The van der Waals surface area contributed by atoms with Crippen LogP contribution in [0.4, 0.5) is 0 Å². The summed E-state index contributed by atoms with van der Waals surface area (Å²) in [6, 6.07) is 0. The average Bonchev–Trinajstić information content (AvgIpc) is 2.04. The van der Waals surface area contributed by atoms with Crippen molar-refractivity contribution in [1.82, 2.24) is 0 Å². The van der Waals surface area contributed by atoms with Crippen molar-refractivity contribution in [2.75, 3.05) is 0 Å². The molecule has 0 N–H and O–H groups in total. The van der Waals surface area contributed by atoms with Crippen LogP contribution < -0.4 is 0 Å². The summed E-state index contributed by atoms with van der Waals surface area (Å²) >= 11 is 0. The van der Waals surface area contributed by atoms with E-state index in [9.17, 15) is 4.79 Å². The molecule has 0 bridgehead atoms. The number of Topliss-reactive ketones (excluding diaryl/α,β-unsaturated/α-hetero) is 1. The molecule has 1 saturated carbocycles. The summed E-state index contributed by atoms with van der Waals surface area (Å²) in [5, 5.41) is 0. The van der Waals surface area contributed by atoms with Gasteiger partial charge in [-0.25, -0.2) is 0 Å². The summed E-state index contributed by atoms with van der Waals surface area (Å²) in [6.07, 6.45) is 4.72. The Morgan fingerprint density at radius 3 is 2.00 bits per heavy atom. The van der Waals surface area contributed by atoms with Gasteiger partial charge in [-0.05, 0) is 32.6 Å². The lowest BCUT2D eigenvalue weighted by atomic mass is 9.74. The zero-order chi connectivity index (χ0) is 9.14. The van der Waals surface area contributed by atoms with Crippen LogP contribution in [0.3, 0.4) is 0 Å². The summed E-state index contributed by atoms with van der Waals surface area (Å²) in [6.45, 7) is 7.72. The maximum absolute atomic E-state index is 11.3. The van der Waals surface area contributed by atoms with Crippen LogP contribution in [0, 0.1) is 11.8 Å². The van der Waals surface area contributed by atoms with Gasteiger partial charge in [0.15, 0.2) is 0 Å². The number of allylic oxidation sites excluding steroid dienone is 1. The topological polar surface area (TPSA) is 17.1 Å². The summed E-state index contributed by atoms with van der Waals surface area (Å²) in [5.74, 6) is 1.09.